The Hall–Kier alpha value is -2.89. The Balaban J connectivity index is 0.000000604. The number of amides is 2. The molecule has 37 heavy (non-hydrogen) atoms. The van der Waals surface area contributed by atoms with Crippen LogP contribution in [0.4, 0.5) is 13.2 Å². The summed E-state index contributed by atoms with van der Waals surface area (Å²) in [6, 6.07) is 4.57. The van der Waals surface area contributed by atoms with E-state index < -0.39 is 18.2 Å². The summed E-state index contributed by atoms with van der Waals surface area (Å²) in [6.07, 6.45) is -5.08. The molecule has 202 valence electrons. The van der Waals surface area contributed by atoms with Gasteiger partial charge >= 0.3 is 12.1 Å². The van der Waals surface area contributed by atoms with E-state index in [-0.39, 0.29) is 24.9 Å². The monoisotopic (exact) mass is 562 g/mol. The van der Waals surface area contributed by atoms with Gasteiger partial charge in [0.25, 0.3) is 5.91 Å². The van der Waals surface area contributed by atoms with E-state index in [1.165, 1.54) is 0 Å². The fourth-order valence-corrected chi connectivity index (χ4v) is 4.51. The first-order chi connectivity index (χ1) is 17.2. The first kappa shape index (κ1) is 30.3. The molecule has 1 aliphatic rings. The largest absolute Gasteiger partial charge is 0.490 e. The Bertz CT molecular complexity index is 1200. The van der Waals surface area contributed by atoms with Gasteiger partial charge in [0.05, 0.1) is 17.8 Å². The number of hydrogen-bond donors (Lipinski definition) is 2. The number of carbonyl (C=O) groups excluding carboxylic acids is 2. The number of hydrogen-bond acceptors (Lipinski definition) is 5. The zero-order valence-electron chi connectivity index (χ0n) is 20.6. The molecule has 1 aromatic heterocycles. The lowest BCUT2D eigenvalue weighted by Crippen LogP contribution is -2.47. The van der Waals surface area contributed by atoms with Crippen LogP contribution < -0.4 is 5.73 Å². The zero-order chi connectivity index (χ0) is 28.2. The van der Waals surface area contributed by atoms with Crippen LogP contribution in [0.3, 0.4) is 0 Å². The Labute approximate surface area is 222 Å². The number of carboxylic acid groups (broad SMARTS) is 1. The molecule has 0 radical (unpaired) electrons. The van der Waals surface area contributed by atoms with Crippen LogP contribution in [0.2, 0.25) is 10.0 Å². The Morgan fingerprint density at radius 1 is 1.22 bits per heavy atom. The van der Waals surface area contributed by atoms with E-state index in [4.69, 9.17) is 38.8 Å². The summed E-state index contributed by atoms with van der Waals surface area (Å²) >= 11 is 12.6. The van der Waals surface area contributed by atoms with Crippen molar-refractivity contribution < 1.29 is 32.7 Å². The number of carboxylic acids is 1. The Morgan fingerprint density at radius 3 is 2.24 bits per heavy atom. The third kappa shape index (κ3) is 6.52. The number of rotatable bonds is 6. The van der Waals surface area contributed by atoms with Crippen molar-refractivity contribution in [2.75, 3.05) is 13.1 Å². The molecule has 0 unspecified atom stereocenters. The molecule has 8 nitrogen and oxygen atoms in total. The van der Waals surface area contributed by atoms with Crippen LogP contribution in [0.15, 0.2) is 18.2 Å². The van der Waals surface area contributed by atoms with Crippen LogP contribution in [0.5, 0.6) is 0 Å². The zero-order valence-corrected chi connectivity index (χ0v) is 22.1. The standard InChI is InChI=1S/C22H26Cl2N4O2.C2HF3O2/c1-5-27(6-2)21(29)13(4)28-11-18-20(22(28)30)19(16(10-25)12(3)26-18)15-8-7-14(23)9-17(15)24;3-2(4,5)1(6)7/h7-9,13H,5-6,10-11,25H2,1-4H3;(H,6,7)/t13-;/m1./s1. The van der Waals surface area contributed by atoms with Gasteiger partial charge in [-0.05, 0) is 45.4 Å². The quantitative estimate of drug-likeness (QED) is 0.528. The molecule has 1 atom stereocenters. The lowest BCUT2D eigenvalue weighted by molar-refractivity contribution is -0.192. The molecule has 3 N–H and O–H groups in total. The number of halogens is 5. The number of alkyl halides is 3. The maximum Gasteiger partial charge on any atom is 0.490 e. The highest BCUT2D eigenvalue weighted by atomic mass is 35.5. The first-order valence-corrected chi connectivity index (χ1v) is 12.0. The molecule has 2 aromatic rings. The van der Waals surface area contributed by atoms with Crippen LogP contribution in [0.25, 0.3) is 11.1 Å². The van der Waals surface area contributed by atoms with Crippen molar-refractivity contribution in [2.24, 2.45) is 5.73 Å². The van der Waals surface area contributed by atoms with Crippen molar-refractivity contribution >= 4 is 41.0 Å². The number of aryl methyl sites for hydroxylation is 1. The molecule has 0 aliphatic carbocycles. The summed E-state index contributed by atoms with van der Waals surface area (Å²) < 4.78 is 31.7. The van der Waals surface area contributed by atoms with Crippen molar-refractivity contribution in [3.05, 3.63) is 50.8 Å². The van der Waals surface area contributed by atoms with Gasteiger partial charge in [0.1, 0.15) is 6.04 Å². The van der Waals surface area contributed by atoms with E-state index in [1.807, 2.05) is 20.8 Å². The maximum absolute atomic E-state index is 13.5. The summed E-state index contributed by atoms with van der Waals surface area (Å²) in [5.74, 6) is -3.07. The van der Waals surface area contributed by atoms with Crippen LogP contribution in [-0.4, -0.2) is 63.0 Å². The van der Waals surface area contributed by atoms with E-state index in [2.05, 4.69) is 4.98 Å². The van der Waals surface area contributed by atoms with Crippen LogP contribution in [0.1, 0.15) is 48.1 Å². The highest BCUT2D eigenvalue weighted by Crippen LogP contribution is 2.40. The summed E-state index contributed by atoms with van der Waals surface area (Å²) in [7, 11) is 0. The second-order valence-electron chi connectivity index (χ2n) is 8.12. The van der Waals surface area contributed by atoms with Crippen LogP contribution in [0, 0.1) is 6.92 Å². The van der Waals surface area contributed by atoms with E-state index in [0.717, 1.165) is 11.3 Å². The molecule has 0 saturated carbocycles. The van der Waals surface area contributed by atoms with Crippen molar-refractivity contribution in [3.63, 3.8) is 0 Å². The van der Waals surface area contributed by atoms with Crippen molar-refractivity contribution in [1.29, 1.82) is 0 Å². The van der Waals surface area contributed by atoms with Gasteiger partial charge in [-0.15, -0.1) is 0 Å². The number of aromatic nitrogens is 1. The molecule has 2 amide bonds. The van der Waals surface area contributed by atoms with Gasteiger partial charge in [0, 0.05) is 46.5 Å². The van der Waals surface area contributed by atoms with E-state index in [1.54, 1.807) is 34.9 Å². The van der Waals surface area contributed by atoms with Gasteiger partial charge in [-0.1, -0.05) is 29.3 Å². The predicted molar refractivity (Wildman–Crippen MR) is 133 cm³/mol. The number of likely N-dealkylation sites (N-methyl/N-ethyl adjacent to an activating group) is 1. The summed E-state index contributed by atoms with van der Waals surface area (Å²) in [6.45, 7) is 9.14. The molecule has 0 bridgehead atoms. The molecular formula is C24H27Cl2F3N4O4. The molecule has 0 fully saturated rings. The summed E-state index contributed by atoms with van der Waals surface area (Å²) in [4.78, 5) is 43.2. The fraction of sp³-hybridized carbons (Fsp3) is 0.417. The molecule has 1 aromatic carbocycles. The van der Waals surface area contributed by atoms with Crippen LogP contribution >= 0.6 is 23.2 Å². The molecule has 2 heterocycles. The number of benzene rings is 1. The first-order valence-electron chi connectivity index (χ1n) is 11.3. The van der Waals surface area contributed by atoms with E-state index in [0.29, 0.717) is 45.5 Å². The highest BCUT2D eigenvalue weighted by molar-refractivity contribution is 6.36. The molecule has 0 spiro atoms. The average molecular weight is 563 g/mol. The summed E-state index contributed by atoms with van der Waals surface area (Å²) in [5.41, 5.74) is 9.99. The van der Waals surface area contributed by atoms with Crippen molar-refractivity contribution in [1.82, 2.24) is 14.8 Å². The predicted octanol–water partition coefficient (Wildman–Crippen LogP) is 4.67. The lowest BCUT2D eigenvalue weighted by Gasteiger charge is -2.28. The topological polar surface area (TPSA) is 117 Å². The molecule has 0 saturated heterocycles. The number of pyridine rings is 1. The number of nitrogens with two attached hydrogens (primary N) is 1. The molecular weight excluding hydrogens is 536 g/mol. The minimum absolute atomic E-state index is 0.0806. The van der Waals surface area contributed by atoms with E-state index >= 15 is 0 Å². The van der Waals surface area contributed by atoms with Crippen LogP contribution in [-0.2, 0) is 22.7 Å². The van der Waals surface area contributed by atoms with Gasteiger partial charge < -0.3 is 20.6 Å². The normalized spacial score (nSPS) is 13.6. The third-order valence-corrected chi connectivity index (χ3v) is 6.47. The Kier molecular flexibility index (Phi) is 9.92. The maximum atomic E-state index is 13.5. The third-order valence-electron chi connectivity index (χ3n) is 5.92. The second-order valence-corrected chi connectivity index (χ2v) is 8.97. The van der Waals surface area contributed by atoms with Crippen molar-refractivity contribution in [2.45, 2.75) is 53.0 Å². The molecule has 3 rings (SSSR count). The lowest BCUT2D eigenvalue weighted by atomic mass is 9.93. The number of fused-ring (bicyclic) bond motifs is 1. The van der Waals surface area contributed by atoms with Gasteiger partial charge in [-0.3, -0.25) is 14.6 Å². The number of nitrogens with zero attached hydrogens (tertiary/aromatic N) is 3. The minimum Gasteiger partial charge on any atom is -0.475 e. The van der Waals surface area contributed by atoms with Crippen molar-refractivity contribution in [3.8, 4) is 11.1 Å². The SMILES string of the molecule is CCN(CC)C(=O)[C@@H](C)N1Cc2nc(C)c(CN)c(-c3ccc(Cl)cc3Cl)c2C1=O.O=C(O)C(F)(F)F. The minimum atomic E-state index is -5.08. The Morgan fingerprint density at radius 2 is 1.78 bits per heavy atom. The van der Waals surface area contributed by atoms with Gasteiger partial charge in [0.15, 0.2) is 0 Å². The average Bonchev–Trinajstić information content (AvgIpc) is 3.14. The second kappa shape index (κ2) is 12.1. The fourth-order valence-electron chi connectivity index (χ4n) is 4.01. The van der Waals surface area contributed by atoms with Gasteiger partial charge in [0.2, 0.25) is 5.91 Å². The van der Waals surface area contributed by atoms with Gasteiger partial charge in [-0.2, -0.15) is 13.2 Å². The highest BCUT2D eigenvalue weighted by Gasteiger charge is 2.39. The number of aliphatic carboxylic acids is 1. The summed E-state index contributed by atoms with van der Waals surface area (Å²) in [5, 5.41) is 8.07. The smallest absolute Gasteiger partial charge is 0.475 e. The molecule has 1 aliphatic heterocycles. The number of carbonyl (C=O) groups is 3. The molecule has 13 heteroatoms. The van der Waals surface area contributed by atoms with Gasteiger partial charge in [-0.25, -0.2) is 4.79 Å². The van der Waals surface area contributed by atoms with E-state index in [9.17, 15) is 22.8 Å².